The molecular weight excluding hydrogens is 300 g/mol. The minimum Gasteiger partial charge on any atom is -0.472 e. The Morgan fingerprint density at radius 1 is 1.35 bits per heavy atom. The minimum absolute atomic E-state index is 0.0141. The molecule has 1 aromatic rings. The predicted octanol–water partition coefficient (Wildman–Crippen LogP) is 1.20. The largest absolute Gasteiger partial charge is 0.472 e. The molecule has 1 N–H and O–H groups in total. The molecule has 0 spiro atoms. The fourth-order valence-corrected chi connectivity index (χ4v) is 2.56. The Morgan fingerprint density at radius 3 is 2.70 bits per heavy atom. The molecule has 0 atom stereocenters. The van der Waals surface area contributed by atoms with Crippen LogP contribution in [-0.4, -0.2) is 48.9 Å². The Bertz CT molecular complexity index is 533. The first-order valence-electron chi connectivity index (χ1n) is 7.86. The van der Waals surface area contributed by atoms with Crippen molar-refractivity contribution in [2.45, 2.75) is 26.2 Å². The number of nitrogens with one attached hydrogen (secondary N) is 1. The maximum Gasteiger partial charge on any atom is 0.309 e. The van der Waals surface area contributed by atoms with Crippen LogP contribution in [-0.2, 0) is 14.3 Å². The van der Waals surface area contributed by atoms with Gasteiger partial charge in [-0.25, -0.2) is 0 Å². The first-order chi connectivity index (χ1) is 11.1. The lowest BCUT2D eigenvalue weighted by Crippen LogP contribution is -2.41. The standard InChI is InChI=1S/C16H22N2O5/c1-2-23-16(21)12-4-8-18(9-5-12)14(19)3-7-17-15(20)13-6-10-22-11-13/h6,10-12H,2-5,7-9H2,1H3,(H,17,20). The Labute approximate surface area is 135 Å². The van der Waals surface area contributed by atoms with Crippen molar-refractivity contribution in [3.8, 4) is 0 Å². The van der Waals surface area contributed by atoms with Crippen molar-refractivity contribution >= 4 is 17.8 Å². The fraction of sp³-hybridized carbons (Fsp3) is 0.562. The maximum absolute atomic E-state index is 12.1. The Kier molecular flexibility index (Phi) is 6.19. The van der Waals surface area contributed by atoms with Gasteiger partial charge in [0.25, 0.3) is 5.91 Å². The maximum atomic E-state index is 12.1. The number of esters is 1. The van der Waals surface area contributed by atoms with Crippen LogP contribution in [0.2, 0.25) is 0 Å². The third kappa shape index (κ3) is 4.84. The predicted molar refractivity (Wildman–Crippen MR) is 81.6 cm³/mol. The van der Waals surface area contributed by atoms with E-state index in [1.54, 1.807) is 17.9 Å². The van der Waals surface area contributed by atoms with E-state index in [0.29, 0.717) is 38.1 Å². The van der Waals surface area contributed by atoms with Gasteiger partial charge in [0.15, 0.2) is 0 Å². The molecule has 0 radical (unpaired) electrons. The van der Waals surface area contributed by atoms with E-state index in [0.717, 1.165) is 0 Å². The second-order valence-electron chi connectivity index (χ2n) is 5.43. The number of carbonyl (C=O) groups is 3. The van der Waals surface area contributed by atoms with Gasteiger partial charge in [0, 0.05) is 26.1 Å². The van der Waals surface area contributed by atoms with Crippen molar-refractivity contribution in [2.75, 3.05) is 26.2 Å². The summed E-state index contributed by atoms with van der Waals surface area (Å²) in [4.78, 5) is 37.2. The third-order valence-corrected chi connectivity index (χ3v) is 3.88. The molecule has 2 heterocycles. The van der Waals surface area contributed by atoms with Gasteiger partial charge in [0.05, 0.1) is 24.4 Å². The van der Waals surface area contributed by atoms with Crippen LogP contribution in [0.1, 0.15) is 36.5 Å². The first-order valence-corrected chi connectivity index (χ1v) is 7.86. The molecule has 1 aromatic heterocycles. The molecule has 0 unspecified atom stereocenters. The summed E-state index contributed by atoms with van der Waals surface area (Å²) < 4.78 is 9.84. The molecule has 2 amide bonds. The smallest absolute Gasteiger partial charge is 0.309 e. The molecule has 1 saturated heterocycles. The number of carbonyl (C=O) groups excluding carboxylic acids is 3. The van der Waals surface area contributed by atoms with Gasteiger partial charge in [0.2, 0.25) is 5.91 Å². The average Bonchev–Trinajstić information content (AvgIpc) is 3.09. The summed E-state index contributed by atoms with van der Waals surface area (Å²) in [5.41, 5.74) is 0.438. The third-order valence-electron chi connectivity index (χ3n) is 3.88. The molecule has 2 rings (SSSR count). The van der Waals surface area contributed by atoms with Crippen molar-refractivity contribution in [3.05, 3.63) is 24.2 Å². The normalized spacial score (nSPS) is 15.3. The highest BCUT2D eigenvalue weighted by Crippen LogP contribution is 2.19. The molecule has 0 aromatic carbocycles. The molecule has 23 heavy (non-hydrogen) atoms. The molecule has 1 aliphatic heterocycles. The van der Waals surface area contributed by atoms with E-state index < -0.39 is 0 Å². The van der Waals surface area contributed by atoms with E-state index in [1.807, 2.05) is 0 Å². The molecule has 1 fully saturated rings. The van der Waals surface area contributed by atoms with Gasteiger partial charge >= 0.3 is 5.97 Å². The van der Waals surface area contributed by atoms with E-state index in [4.69, 9.17) is 9.15 Å². The summed E-state index contributed by atoms with van der Waals surface area (Å²) in [6, 6.07) is 1.57. The number of hydrogen-bond acceptors (Lipinski definition) is 5. The topological polar surface area (TPSA) is 88.9 Å². The summed E-state index contributed by atoms with van der Waals surface area (Å²) in [6.07, 6.45) is 4.29. The lowest BCUT2D eigenvalue weighted by atomic mass is 9.97. The highest BCUT2D eigenvalue weighted by atomic mass is 16.5. The van der Waals surface area contributed by atoms with Crippen molar-refractivity contribution in [1.29, 1.82) is 0 Å². The van der Waals surface area contributed by atoms with Crippen molar-refractivity contribution in [1.82, 2.24) is 10.2 Å². The van der Waals surface area contributed by atoms with Crippen LogP contribution in [0.5, 0.6) is 0 Å². The van der Waals surface area contributed by atoms with Crippen molar-refractivity contribution in [2.24, 2.45) is 5.92 Å². The summed E-state index contributed by atoms with van der Waals surface area (Å²) in [5, 5.41) is 2.68. The monoisotopic (exact) mass is 322 g/mol. The summed E-state index contributed by atoms with van der Waals surface area (Å²) in [5.74, 6) is -0.556. The molecular formula is C16H22N2O5. The van der Waals surface area contributed by atoms with Crippen LogP contribution in [0, 0.1) is 5.92 Å². The molecule has 1 aliphatic rings. The van der Waals surface area contributed by atoms with Crippen LogP contribution in [0.15, 0.2) is 23.0 Å². The van der Waals surface area contributed by atoms with Gasteiger partial charge in [0.1, 0.15) is 6.26 Å². The van der Waals surface area contributed by atoms with Crippen LogP contribution in [0.25, 0.3) is 0 Å². The van der Waals surface area contributed by atoms with Crippen molar-refractivity contribution in [3.63, 3.8) is 0 Å². The van der Waals surface area contributed by atoms with E-state index in [9.17, 15) is 14.4 Å². The van der Waals surface area contributed by atoms with Gasteiger partial charge in [-0.05, 0) is 25.8 Å². The Morgan fingerprint density at radius 2 is 2.09 bits per heavy atom. The van der Waals surface area contributed by atoms with Crippen LogP contribution >= 0.6 is 0 Å². The summed E-state index contributed by atoms with van der Waals surface area (Å²) >= 11 is 0. The van der Waals surface area contributed by atoms with Gasteiger partial charge in [-0.2, -0.15) is 0 Å². The summed E-state index contributed by atoms with van der Waals surface area (Å²) in [7, 11) is 0. The first kappa shape index (κ1) is 17.1. The highest BCUT2D eigenvalue weighted by molar-refractivity contribution is 5.94. The second-order valence-corrected chi connectivity index (χ2v) is 5.43. The van der Waals surface area contributed by atoms with E-state index in [1.165, 1.54) is 12.5 Å². The number of piperidine rings is 1. The zero-order chi connectivity index (χ0) is 16.7. The fourth-order valence-electron chi connectivity index (χ4n) is 2.56. The van der Waals surface area contributed by atoms with E-state index >= 15 is 0 Å². The van der Waals surface area contributed by atoms with Crippen LogP contribution in [0.3, 0.4) is 0 Å². The molecule has 7 nitrogen and oxygen atoms in total. The zero-order valence-electron chi connectivity index (χ0n) is 13.2. The number of ether oxygens (including phenoxy) is 1. The summed E-state index contributed by atoms with van der Waals surface area (Å²) in [6.45, 7) is 3.55. The molecule has 126 valence electrons. The number of rotatable bonds is 6. The number of furan rings is 1. The highest BCUT2D eigenvalue weighted by Gasteiger charge is 2.27. The molecule has 7 heteroatoms. The zero-order valence-corrected chi connectivity index (χ0v) is 13.2. The van der Waals surface area contributed by atoms with Gasteiger partial charge < -0.3 is 19.4 Å². The Balaban J connectivity index is 1.67. The number of likely N-dealkylation sites (tertiary alicyclic amines) is 1. The molecule has 0 aliphatic carbocycles. The van der Waals surface area contributed by atoms with E-state index in [-0.39, 0.29) is 36.7 Å². The van der Waals surface area contributed by atoms with Gasteiger partial charge in [-0.15, -0.1) is 0 Å². The number of amides is 2. The van der Waals surface area contributed by atoms with Crippen LogP contribution < -0.4 is 5.32 Å². The SMILES string of the molecule is CCOC(=O)C1CCN(C(=O)CCNC(=O)c2ccoc2)CC1. The number of nitrogens with zero attached hydrogens (tertiary/aromatic N) is 1. The lowest BCUT2D eigenvalue weighted by molar-refractivity contribution is -0.151. The van der Waals surface area contributed by atoms with Crippen LogP contribution in [0.4, 0.5) is 0 Å². The molecule has 0 bridgehead atoms. The van der Waals surface area contributed by atoms with Crippen molar-refractivity contribution < 1.29 is 23.5 Å². The molecule has 0 saturated carbocycles. The number of hydrogen-bond donors (Lipinski definition) is 1. The average molecular weight is 322 g/mol. The Hall–Kier alpha value is -2.31. The quantitative estimate of drug-likeness (QED) is 0.795. The van der Waals surface area contributed by atoms with Gasteiger partial charge in [-0.1, -0.05) is 0 Å². The van der Waals surface area contributed by atoms with Gasteiger partial charge in [-0.3, -0.25) is 14.4 Å². The minimum atomic E-state index is -0.257. The lowest BCUT2D eigenvalue weighted by Gasteiger charge is -2.31. The second kappa shape index (κ2) is 8.36. The van der Waals surface area contributed by atoms with E-state index in [2.05, 4.69) is 5.32 Å².